The second kappa shape index (κ2) is 5.90. The van der Waals surface area contributed by atoms with Crippen molar-refractivity contribution in [2.24, 2.45) is 5.92 Å². The SMILES string of the molecule is CC1CCC(Oc2ccc(S(=O)(=O)Cl)cc2Cl)CC1. The third-order valence-electron chi connectivity index (χ3n) is 3.44. The molecule has 6 heteroatoms. The predicted molar refractivity (Wildman–Crippen MR) is 76.5 cm³/mol. The highest BCUT2D eigenvalue weighted by molar-refractivity contribution is 8.13. The third kappa shape index (κ3) is 4.01. The first-order chi connectivity index (χ1) is 8.86. The lowest BCUT2D eigenvalue weighted by molar-refractivity contribution is 0.135. The zero-order chi connectivity index (χ0) is 14.0. The largest absolute Gasteiger partial charge is 0.489 e. The molecule has 0 aliphatic heterocycles. The smallest absolute Gasteiger partial charge is 0.261 e. The Labute approximate surface area is 123 Å². The predicted octanol–water partition coefficient (Wildman–Crippen LogP) is 4.23. The van der Waals surface area contributed by atoms with Crippen LogP contribution in [0.5, 0.6) is 5.75 Å². The zero-order valence-electron chi connectivity index (χ0n) is 10.6. The Balaban J connectivity index is 2.09. The van der Waals surface area contributed by atoms with E-state index in [2.05, 4.69) is 6.92 Å². The minimum atomic E-state index is -3.75. The van der Waals surface area contributed by atoms with E-state index in [0.29, 0.717) is 5.75 Å². The van der Waals surface area contributed by atoms with Crippen LogP contribution in [0.4, 0.5) is 0 Å². The Hall–Kier alpha value is -0.450. The van der Waals surface area contributed by atoms with Gasteiger partial charge in [0.25, 0.3) is 9.05 Å². The van der Waals surface area contributed by atoms with E-state index >= 15 is 0 Å². The molecule has 0 N–H and O–H groups in total. The van der Waals surface area contributed by atoms with E-state index in [1.807, 2.05) is 0 Å². The van der Waals surface area contributed by atoms with Gasteiger partial charge in [-0.15, -0.1) is 0 Å². The Kier molecular flexibility index (Phi) is 4.64. The lowest BCUT2D eigenvalue weighted by Gasteiger charge is -2.27. The van der Waals surface area contributed by atoms with Crippen molar-refractivity contribution >= 4 is 31.3 Å². The van der Waals surface area contributed by atoms with Crippen LogP contribution in [0.3, 0.4) is 0 Å². The Morgan fingerprint density at radius 2 is 1.84 bits per heavy atom. The molecule has 0 aromatic heterocycles. The van der Waals surface area contributed by atoms with E-state index in [0.717, 1.165) is 31.6 Å². The van der Waals surface area contributed by atoms with Crippen LogP contribution in [0.15, 0.2) is 23.1 Å². The summed E-state index contributed by atoms with van der Waals surface area (Å²) in [4.78, 5) is -0.0104. The fourth-order valence-electron chi connectivity index (χ4n) is 2.26. The summed E-state index contributed by atoms with van der Waals surface area (Å²) in [5.41, 5.74) is 0. The van der Waals surface area contributed by atoms with E-state index in [1.165, 1.54) is 12.1 Å². The highest BCUT2D eigenvalue weighted by Crippen LogP contribution is 2.32. The Morgan fingerprint density at radius 3 is 2.37 bits per heavy atom. The maximum Gasteiger partial charge on any atom is 0.261 e. The molecule has 0 heterocycles. The van der Waals surface area contributed by atoms with Gasteiger partial charge in [-0.05, 0) is 49.8 Å². The molecular weight excluding hydrogens is 307 g/mol. The Morgan fingerprint density at radius 1 is 1.21 bits per heavy atom. The molecule has 0 saturated heterocycles. The fourth-order valence-corrected chi connectivity index (χ4v) is 3.32. The number of halogens is 2. The van der Waals surface area contributed by atoms with Crippen LogP contribution in [0.25, 0.3) is 0 Å². The van der Waals surface area contributed by atoms with Crippen molar-refractivity contribution in [3.05, 3.63) is 23.2 Å². The van der Waals surface area contributed by atoms with Gasteiger partial charge in [-0.2, -0.15) is 0 Å². The molecule has 1 aliphatic rings. The van der Waals surface area contributed by atoms with E-state index in [1.54, 1.807) is 6.07 Å². The lowest BCUT2D eigenvalue weighted by atomic mass is 9.89. The average molecular weight is 323 g/mol. The summed E-state index contributed by atoms with van der Waals surface area (Å²) in [5, 5.41) is 0.278. The molecule has 1 saturated carbocycles. The summed E-state index contributed by atoms with van der Waals surface area (Å²) in [6.07, 6.45) is 4.47. The molecule has 1 fully saturated rings. The minimum absolute atomic E-state index is 0.0104. The van der Waals surface area contributed by atoms with E-state index in [4.69, 9.17) is 27.0 Å². The number of benzene rings is 1. The molecule has 0 atom stereocenters. The normalized spacial score (nSPS) is 24.2. The topological polar surface area (TPSA) is 43.4 Å². The maximum atomic E-state index is 11.2. The van der Waals surface area contributed by atoms with Crippen LogP contribution in [0.2, 0.25) is 5.02 Å². The quantitative estimate of drug-likeness (QED) is 0.782. The molecule has 2 rings (SSSR count). The summed E-state index contributed by atoms with van der Waals surface area (Å²) in [6.45, 7) is 2.24. The molecule has 0 bridgehead atoms. The second-order valence-corrected chi connectivity index (χ2v) is 8.00. The second-order valence-electron chi connectivity index (χ2n) is 5.03. The summed E-state index contributed by atoms with van der Waals surface area (Å²) >= 11 is 6.04. The average Bonchev–Trinajstić information content (AvgIpc) is 2.33. The van der Waals surface area contributed by atoms with Crippen LogP contribution in [0.1, 0.15) is 32.6 Å². The molecule has 1 aromatic carbocycles. The van der Waals surface area contributed by atoms with Crippen molar-refractivity contribution in [3.8, 4) is 5.75 Å². The number of hydrogen-bond donors (Lipinski definition) is 0. The van der Waals surface area contributed by atoms with Gasteiger partial charge >= 0.3 is 0 Å². The van der Waals surface area contributed by atoms with Crippen molar-refractivity contribution in [2.75, 3.05) is 0 Å². The van der Waals surface area contributed by atoms with Gasteiger partial charge in [-0.25, -0.2) is 8.42 Å². The van der Waals surface area contributed by atoms with Crippen molar-refractivity contribution in [2.45, 2.75) is 43.6 Å². The molecule has 1 aliphatic carbocycles. The van der Waals surface area contributed by atoms with Gasteiger partial charge in [-0.1, -0.05) is 18.5 Å². The van der Waals surface area contributed by atoms with Crippen LogP contribution in [-0.2, 0) is 9.05 Å². The fraction of sp³-hybridized carbons (Fsp3) is 0.538. The van der Waals surface area contributed by atoms with Gasteiger partial charge < -0.3 is 4.74 Å². The molecule has 106 valence electrons. The van der Waals surface area contributed by atoms with E-state index in [-0.39, 0.29) is 16.0 Å². The van der Waals surface area contributed by atoms with Gasteiger partial charge in [0, 0.05) is 10.7 Å². The monoisotopic (exact) mass is 322 g/mol. The molecule has 0 spiro atoms. The highest BCUT2D eigenvalue weighted by Gasteiger charge is 2.21. The van der Waals surface area contributed by atoms with E-state index in [9.17, 15) is 8.42 Å². The number of rotatable bonds is 3. The first-order valence-electron chi connectivity index (χ1n) is 6.27. The van der Waals surface area contributed by atoms with Crippen molar-refractivity contribution in [1.82, 2.24) is 0 Å². The molecule has 1 aromatic rings. The molecule has 19 heavy (non-hydrogen) atoms. The first-order valence-corrected chi connectivity index (χ1v) is 8.96. The highest BCUT2D eigenvalue weighted by atomic mass is 35.7. The summed E-state index contributed by atoms with van der Waals surface area (Å²) in [7, 11) is 1.51. The molecule has 3 nitrogen and oxygen atoms in total. The van der Waals surface area contributed by atoms with Crippen molar-refractivity contribution < 1.29 is 13.2 Å². The number of hydrogen-bond acceptors (Lipinski definition) is 3. The summed E-state index contributed by atoms with van der Waals surface area (Å²) in [5.74, 6) is 1.27. The molecule has 0 unspecified atom stereocenters. The zero-order valence-corrected chi connectivity index (χ0v) is 12.9. The number of ether oxygens (including phenoxy) is 1. The first kappa shape index (κ1) is 14.9. The Bertz CT molecular complexity index is 549. The maximum absolute atomic E-state index is 11.2. The van der Waals surface area contributed by atoms with Gasteiger partial charge in [-0.3, -0.25) is 0 Å². The molecule has 0 amide bonds. The minimum Gasteiger partial charge on any atom is -0.489 e. The summed E-state index contributed by atoms with van der Waals surface area (Å²) < 4.78 is 28.2. The lowest BCUT2D eigenvalue weighted by Crippen LogP contribution is -2.23. The van der Waals surface area contributed by atoms with Gasteiger partial charge in [0.2, 0.25) is 0 Å². The van der Waals surface area contributed by atoms with Crippen LogP contribution in [-0.4, -0.2) is 14.5 Å². The standard InChI is InChI=1S/C13H16Cl2O3S/c1-9-2-4-10(5-3-9)18-13-7-6-11(8-12(13)14)19(15,16)17/h6-10H,2-5H2,1H3. The van der Waals surface area contributed by atoms with Gasteiger partial charge in [0.1, 0.15) is 5.75 Å². The molecule has 0 radical (unpaired) electrons. The summed E-state index contributed by atoms with van der Waals surface area (Å²) in [6, 6.07) is 4.30. The van der Waals surface area contributed by atoms with Crippen LogP contribution >= 0.6 is 22.3 Å². The van der Waals surface area contributed by atoms with Gasteiger partial charge in [0.05, 0.1) is 16.0 Å². The van der Waals surface area contributed by atoms with Crippen molar-refractivity contribution in [3.63, 3.8) is 0 Å². The van der Waals surface area contributed by atoms with Crippen molar-refractivity contribution in [1.29, 1.82) is 0 Å². The van der Waals surface area contributed by atoms with Crippen LogP contribution in [0, 0.1) is 5.92 Å². The third-order valence-corrected chi connectivity index (χ3v) is 5.09. The van der Waals surface area contributed by atoms with Crippen LogP contribution < -0.4 is 4.74 Å². The van der Waals surface area contributed by atoms with E-state index < -0.39 is 9.05 Å². The van der Waals surface area contributed by atoms with Gasteiger partial charge in [0.15, 0.2) is 0 Å². The molecular formula is C13H16Cl2O3S.